The molecule has 0 aromatic carbocycles. The molecule has 9 heavy (non-hydrogen) atoms. The molecule has 0 fully saturated rings. The molecule has 2 nitrogen and oxygen atoms in total. The molecule has 0 amide bonds. The van der Waals surface area contributed by atoms with Crippen molar-refractivity contribution in [3.05, 3.63) is 12.2 Å². The summed E-state index contributed by atoms with van der Waals surface area (Å²) in [6.07, 6.45) is 5.93. The average Bonchev–Trinajstić information content (AvgIpc) is 1.89. The van der Waals surface area contributed by atoms with Gasteiger partial charge in [-0.3, -0.25) is 0 Å². The molecule has 0 saturated carbocycles. The van der Waals surface area contributed by atoms with Gasteiger partial charge in [-0.25, -0.2) is 0 Å². The monoisotopic (exact) mass is 126 g/mol. The Labute approximate surface area is 56.3 Å². The summed E-state index contributed by atoms with van der Waals surface area (Å²) < 4.78 is 0. The molecule has 0 atom stereocenters. The van der Waals surface area contributed by atoms with E-state index in [1.807, 2.05) is 6.08 Å². The van der Waals surface area contributed by atoms with Crippen LogP contribution in [0.4, 0.5) is 0 Å². The van der Waals surface area contributed by atoms with Crippen LogP contribution in [0.5, 0.6) is 0 Å². The normalized spacial score (nSPS) is 10.4. The molecule has 0 bridgehead atoms. The lowest BCUT2D eigenvalue weighted by atomic mass is 10.2. The van der Waals surface area contributed by atoms with Crippen LogP contribution in [0.3, 0.4) is 0 Å². The number of hydrogen-bond donors (Lipinski definition) is 2. The van der Waals surface area contributed by atoms with Crippen LogP contribution < -0.4 is 5.73 Å². The highest BCUT2D eigenvalue weighted by molar-refractivity contribution is 5.93. The Bertz CT molecular complexity index is 105. The van der Waals surface area contributed by atoms with Gasteiger partial charge in [-0.05, 0) is 12.5 Å². The van der Waals surface area contributed by atoms with Crippen molar-refractivity contribution < 1.29 is 0 Å². The van der Waals surface area contributed by atoms with Gasteiger partial charge in [-0.15, -0.1) is 0 Å². The maximum atomic E-state index is 7.10. The second kappa shape index (κ2) is 5.51. The van der Waals surface area contributed by atoms with E-state index in [-0.39, 0.29) is 0 Å². The first kappa shape index (κ1) is 8.37. The molecule has 3 N–H and O–H groups in total. The lowest BCUT2D eigenvalue weighted by Gasteiger charge is -1.87. The molecule has 0 rings (SSSR count). The zero-order valence-corrected chi connectivity index (χ0v) is 5.85. The molecule has 0 radical (unpaired) electrons. The average molecular weight is 126 g/mol. The third-order valence-corrected chi connectivity index (χ3v) is 0.994. The van der Waals surface area contributed by atoms with Crippen molar-refractivity contribution in [3.63, 3.8) is 0 Å². The van der Waals surface area contributed by atoms with Gasteiger partial charge in [-0.1, -0.05) is 19.4 Å². The number of rotatable bonds is 4. The van der Waals surface area contributed by atoms with Crippen molar-refractivity contribution in [3.8, 4) is 0 Å². The fourth-order valence-corrected chi connectivity index (χ4v) is 0.460. The van der Waals surface area contributed by atoms with Gasteiger partial charge in [0.25, 0.3) is 0 Å². The summed E-state index contributed by atoms with van der Waals surface area (Å²) in [6.45, 7) is 2.45. The van der Waals surface area contributed by atoms with E-state index >= 15 is 0 Å². The molecule has 0 aliphatic rings. The van der Waals surface area contributed by atoms with Crippen LogP contribution in [0.1, 0.15) is 19.8 Å². The molecule has 0 saturated heterocycles. The molecule has 0 aromatic heterocycles. The van der Waals surface area contributed by atoms with Crippen LogP contribution in [-0.2, 0) is 0 Å². The highest BCUT2D eigenvalue weighted by atomic mass is 14.6. The maximum absolute atomic E-state index is 7.10. The number of hydrogen-bond acceptors (Lipinski definition) is 2. The van der Waals surface area contributed by atoms with Crippen LogP contribution in [0.25, 0.3) is 0 Å². The van der Waals surface area contributed by atoms with Crippen LogP contribution in [0.2, 0.25) is 0 Å². The van der Waals surface area contributed by atoms with E-state index < -0.39 is 0 Å². The summed E-state index contributed by atoms with van der Waals surface area (Å²) in [5.41, 5.74) is 5.68. The van der Waals surface area contributed by atoms with E-state index in [1.54, 1.807) is 6.08 Å². The summed E-state index contributed by atoms with van der Waals surface area (Å²) >= 11 is 0. The lowest BCUT2D eigenvalue weighted by Crippen LogP contribution is -2.08. The summed E-state index contributed by atoms with van der Waals surface area (Å²) in [5, 5.41) is 7.10. The van der Waals surface area contributed by atoms with E-state index in [2.05, 4.69) is 6.92 Å². The summed E-state index contributed by atoms with van der Waals surface area (Å²) in [5.74, 6) is 0. The van der Waals surface area contributed by atoms with E-state index in [9.17, 15) is 0 Å². The Balaban J connectivity index is 3.32. The van der Waals surface area contributed by atoms with Crippen molar-refractivity contribution in [1.29, 1.82) is 5.41 Å². The summed E-state index contributed by atoms with van der Waals surface area (Å²) in [4.78, 5) is 0. The highest BCUT2D eigenvalue weighted by Crippen LogP contribution is 1.87. The van der Waals surface area contributed by atoms with Gasteiger partial charge in [0, 0.05) is 12.3 Å². The molecule has 0 spiro atoms. The Morgan fingerprint density at radius 3 is 2.78 bits per heavy atom. The first-order chi connectivity index (χ1) is 4.31. The first-order valence-corrected chi connectivity index (χ1v) is 3.25. The smallest absolute Gasteiger partial charge is 0.0446 e. The number of nitrogens with one attached hydrogen (secondary N) is 1. The van der Waals surface area contributed by atoms with Gasteiger partial charge in [0.1, 0.15) is 0 Å². The Morgan fingerprint density at radius 1 is 1.67 bits per heavy atom. The van der Waals surface area contributed by atoms with Crippen LogP contribution >= 0.6 is 0 Å². The zero-order valence-electron chi connectivity index (χ0n) is 5.85. The van der Waals surface area contributed by atoms with Crippen molar-refractivity contribution in [2.45, 2.75) is 19.8 Å². The third kappa shape index (κ3) is 5.24. The molecular formula is C7H14N2. The van der Waals surface area contributed by atoms with Crippen LogP contribution in [0, 0.1) is 5.41 Å². The molecule has 0 aliphatic carbocycles. The van der Waals surface area contributed by atoms with Gasteiger partial charge in [0.15, 0.2) is 0 Å². The van der Waals surface area contributed by atoms with Crippen LogP contribution in [0.15, 0.2) is 12.2 Å². The highest BCUT2D eigenvalue weighted by Gasteiger charge is 1.81. The lowest BCUT2D eigenvalue weighted by molar-refractivity contribution is 0.959. The van der Waals surface area contributed by atoms with Crippen LogP contribution in [-0.4, -0.2) is 12.3 Å². The predicted octanol–water partition coefficient (Wildman–Crippen LogP) is 1.32. The predicted molar refractivity (Wildman–Crippen MR) is 40.8 cm³/mol. The third-order valence-electron chi connectivity index (χ3n) is 0.994. The first-order valence-electron chi connectivity index (χ1n) is 3.25. The van der Waals surface area contributed by atoms with E-state index in [0.29, 0.717) is 12.3 Å². The topological polar surface area (TPSA) is 49.9 Å². The SMILES string of the molecule is CCC/C=C\C(=N)CN. The molecule has 0 aromatic rings. The Hall–Kier alpha value is -0.630. The van der Waals surface area contributed by atoms with E-state index in [1.165, 1.54) is 0 Å². The molecular weight excluding hydrogens is 112 g/mol. The molecule has 0 aliphatic heterocycles. The van der Waals surface area contributed by atoms with Crippen molar-refractivity contribution in [2.24, 2.45) is 5.73 Å². The molecule has 52 valence electrons. The minimum absolute atomic E-state index is 0.347. The van der Waals surface area contributed by atoms with Crippen molar-refractivity contribution >= 4 is 5.71 Å². The summed E-state index contributed by atoms with van der Waals surface area (Å²) in [6, 6.07) is 0. The number of allylic oxidation sites excluding steroid dienone is 1. The van der Waals surface area contributed by atoms with Gasteiger partial charge >= 0.3 is 0 Å². The number of nitrogens with two attached hydrogens (primary N) is 1. The van der Waals surface area contributed by atoms with Crippen molar-refractivity contribution in [2.75, 3.05) is 6.54 Å². The minimum atomic E-state index is 0.347. The standard InChI is InChI=1S/C7H14N2/c1-2-3-4-5-7(9)6-8/h4-5,9H,2-3,6,8H2,1H3/b5-4-,9-7?. The fourth-order valence-electron chi connectivity index (χ4n) is 0.460. The molecule has 0 heterocycles. The van der Waals surface area contributed by atoms with Gasteiger partial charge in [0.05, 0.1) is 0 Å². The minimum Gasteiger partial charge on any atom is -0.325 e. The number of unbranched alkanes of at least 4 members (excludes halogenated alkanes) is 1. The molecule has 0 unspecified atom stereocenters. The second-order valence-corrected chi connectivity index (χ2v) is 1.92. The summed E-state index contributed by atoms with van der Waals surface area (Å²) in [7, 11) is 0. The molecule has 2 heteroatoms. The fraction of sp³-hybridized carbons (Fsp3) is 0.571. The Morgan fingerprint density at radius 2 is 2.33 bits per heavy atom. The second-order valence-electron chi connectivity index (χ2n) is 1.92. The van der Waals surface area contributed by atoms with Crippen molar-refractivity contribution in [1.82, 2.24) is 0 Å². The van der Waals surface area contributed by atoms with E-state index in [0.717, 1.165) is 12.8 Å². The largest absolute Gasteiger partial charge is 0.325 e. The van der Waals surface area contributed by atoms with Gasteiger partial charge in [0.2, 0.25) is 0 Å². The van der Waals surface area contributed by atoms with Gasteiger partial charge < -0.3 is 11.1 Å². The Kier molecular flexibility index (Phi) is 5.12. The zero-order chi connectivity index (χ0) is 7.11. The quantitative estimate of drug-likeness (QED) is 0.548. The maximum Gasteiger partial charge on any atom is 0.0446 e. The van der Waals surface area contributed by atoms with Gasteiger partial charge in [-0.2, -0.15) is 0 Å². The van der Waals surface area contributed by atoms with E-state index in [4.69, 9.17) is 11.1 Å².